The van der Waals surface area contributed by atoms with Crippen LogP contribution in [-0.2, 0) is 12.8 Å². The first-order valence-electron chi connectivity index (χ1n) is 5.94. The van der Waals surface area contributed by atoms with E-state index in [0.29, 0.717) is 30.1 Å². The topological polar surface area (TPSA) is 88.1 Å². The number of hydrogen-bond acceptors (Lipinski definition) is 5. The SMILES string of the molecule is CCc1c(O)nc(Cc2ccc(OC)nc2)[nH]c1=O. The fraction of sp³-hybridized carbons (Fsp3) is 0.308. The Morgan fingerprint density at radius 1 is 1.42 bits per heavy atom. The van der Waals surface area contributed by atoms with Crippen molar-refractivity contribution >= 4 is 0 Å². The average Bonchev–Trinajstić information content (AvgIpc) is 2.39. The zero-order valence-corrected chi connectivity index (χ0v) is 10.8. The van der Waals surface area contributed by atoms with E-state index in [1.165, 1.54) is 0 Å². The van der Waals surface area contributed by atoms with Gasteiger partial charge >= 0.3 is 0 Å². The van der Waals surface area contributed by atoms with Crippen LogP contribution in [0.25, 0.3) is 0 Å². The summed E-state index contributed by atoms with van der Waals surface area (Å²) in [6.07, 6.45) is 2.48. The number of pyridine rings is 1. The Kier molecular flexibility index (Phi) is 3.79. The van der Waals surface area contributed by atoms with E-state index in [9.17, 15) is 9.90 Å². The average molecular weight is 261 g/mol. The summed E-state index contributed by atoms with van der Waals surface area (Å²) in [7, 11) is 1.54. The largest absolute Gasteiger partial charge is 0.493 e. The molecule has 2 rings (SSSR count). The number of hydrogen-bond donors (Lipinski definition) is 2. The van der Waals surface area contributed by atoms with Gasteiger partial charge in [-0.1, -0.05) is 13.0 Å². The molecule has 0 radical (unpaired) electrons. The van der Waals surface area contributed by atoms with Gasteiger partial charge < -0.3 is 14.8 Å². The van der Waals surface area contributed by atoms with Crippen LogP contribution in [0.5, 0.6) is 11.8 Å². The van der Waals surface area contributed by atoms with E-state index in [2.05, 4.69) is 15.0 Å². The molecule has 0 bridgehead atoms. The molecule has 0 fully saturated rings. The smallest absolute Gasteiger partial charge is 0.257 e. The lowest BCUT2D eigenvalue weighted by Gasteiger charge is -2.05. The molecule has 0 aliphatic carbocycles. The van der Waals surface area contributed by atoms with Gasteiger partial charge in [-0.25, -0.2) is 4.98 Å². The van der Waals surface area contributed by atoms with Crippen LogP contribution in [-0.4, -0.2) is 27.2 Å². The monoisotopic (exact) mass is 261 g/mol. The number of aromatic amines is 1. The highest BCUT2D eigenvalue weighted by Gasteiger charge is 2.09. The molecule has 100 valence electrons. The third-order valence-corrected chi connectivity index (χ3v) is 2.77. The van der Waals surface area contributed by atoms with Crippen LogP contribution in [0, 0.1) is 0 Å². The fourth-order valence-electron chi connectivity index (χ4n) is 1.76. The predicted molar refractivity (Wildman–Crippen MR) is 69.5 cm³/mol. The van der Waals surface area contributed by atoms with E-state index in [0.717, 1.165) is 5.56 Å². The number of methoxy groups -OCH3 is 1. The molecule has 0 saturated heterocycles. The lowest BCUT2D eigenvalue weighted by molar-refractivity contribution is 0.397. The number of aromatic nitrogens is 3. The zero-order valence-electron chi connectivity index (χ0n) is 10.8. The normalized spacial score (nSPS) is 10.4. The van der Waals surface area contributed by atoms with Crippen molar-refractivity contribution in [3.8, 4) is 11.8 Å². The number of nitrogens with one attached hydrogen (secondary N) is 1. The number of rotatable bonds is 4. The summed E-state index contributed by atoms with van der Waals surface area (Å²) in [5.74, 6) is 0.726. The summed E-state index contributed by atoms with van der Waals surface area (Å²) in [6.45, 7) is 1.79. The van der Waals surface area contributed by atoms with Crippen molar-refractivity contribution in [1.29, 1.82) is 0 Å². The maximum Gasteiger partial charge on any atom is 0.257 e. The standard InChI is InChI=1S/C13H15N3O3/c1-3-9-12(17)15-10(16-13(9)18)6-8-4-5-11(19-2)14-7-8/h4-5,7H,3,6H2,1-2H3,(H2,15,16,17,18). The Labute approximate surface area is 110 Å². The van der Waals surface area contributed by atoms with E-state index >= 15 is 0 Å². The van der Waals surface area contributed by atoms with Gasteiger partial charge in [-0.2, -0.15) is 4.98 Å². The summed E-state index contributed by atoms with van der Waals surface area (Å²) >= 11 is 0. The van der Waals surface area contributed by atoms with E-state index in [1.54, 1.807) is 26.3 Å². The molecule has 2 aromatic heterocycles. The van der Waals surface area contributed by atoms with E-state index < -0.39 is 0 Å². The number of ether oxygens (including phenoxy) is 1. The van der Waals surface area contributed by atoms with Crippen molar-refractivity contribution in [1.82, 2.24) is 15.0 Å². The van der Waals surface area contributed by atoms with Crippen molar-refractivity contribution in [2.24, 2.45) is 0 Å². The van der Waals surface area contributed by atoms with E-state index in [-0.39, 0.29) is 11.4 Å². The molecule has 0 spiro atoms. The molecule has 6 heteroatoms. The molecule has 0 atom stereocenters. The summed E-state index contributed by atoms with van der Waals surface area (Å²) in [5.41, 5.74) is 0.871. The molecule has 2 aromatic rings. The minimum absolute atomic E-state index is 0.206. The third-order valence-electron chi connectivity index (χ3n) is 2.77. The lowest BCUT2D eigenvalue weighted by atomic mass is 10.2. The van der Waals surface area contributed by atoms with Crippen molar-refractivity contribution in [3.05, 3.63) is 45.6 Å². The first kappa shape index (κ1) is 13.1. The molecule has 6 nitrogen and oxygen atoms in total. The first-order valence-corrected chi connectivity index (χ1v) is 5.94. The van der Waals surface area contributed by atoms with Crippen LogP contribution in [0.1, 0.15) is 23.9 Å². The van der Waals surface area contributed by atoms with Gasteiger partial charge in [0.05, 0.1) is 12.7 Å². The van der Waals surface area contributed by atoms with Crippen LogP contribution in [0.2, 0.25) is 0 Å². The van der Waals surface area contributed by atoms with Crippen LogP contribution in [0.15, 0.2) is 23.1 Å². The van der Waals surface area contributed by atoms with Crippen LogP contribution in [0.4, 0.5) is 0 Å². The van der Waals surface area contributed by atoms with Crippen molar-refractivity contribution in [3.63, 3.8) is 0 Å². The minimum atomic E-state index is -0.300. The van der Waals surface area contributed by atoms with E-state index in [4.69, 9.17) is 4.74 Å². The van der Waals surface area contributed by atoms with Crippen molar-refractivity contribution < 1.29 is 9.84 Å². The second-order valence-corrected chi connectivity index (χ2v) is 4.05. The molecule has 19 heavy (non-hydrogen) atoms. The summed E-state index contributed by atoms with van der Waals surface area (Å²) in [4.78, 5) is 22.4. The molecule has 0 unspecified atom stereocenters. The zero-order chi connectivity index (χ0) is 13.8. The van der Waals surface area contributed by atoms with Gasteiger partial charge in [-0.3, -0.25) is 4.79 Å². The molecule has 2 heterocycles. The highest BCUT2D eigenvalue weighted by Crippen LogP contribution is 2.12. The molecule has 0 saturated carbocycles. The van der Waals surface area contributed by atoms with Gasteiger partial charge in [0.1, 0.15) is 5.82 Å². The Balaban J connectivity index is 2.25. The third kappa shape index (κ3) is 2.90. The van der Waals surface area contributed by atoms with Gasteiger partial charge in [0.15, 0.2) is 0 Å². The van der Waals surface area contributed by atoms with Crippen LogP contribution >= 0.6 is 0 Å². The lowest BCUT2D eigenvalue weighted by Crippen LogP contribution is -2.16. The summed E-state index contributed by atoms with van der Waals surface area (Å²) in [5, 5.41) is 9.67. The number of aromatic hydroxyl groups is 1. The number of H-pyrrole nitrogens is 1. The van der Waals surface area contributed by atoms with Crippen molar-refractivity contribution in [2.75, 3.05) is 7.11 Å². The van der Waals surface area contributed by atoms with Gasteiger partial charge in [-0.05, 0) is 12.0 Å². The minimum Gasteiger partial charge on any atom is -0.493 e. The highest BCUT2D eigenvalue weighted by molar-refractivity contribution is 5.25. The molecular formula is C13H15N3O3. The molecule has 0 aliphatic heterocycles. The molecule has 2 N–H and O–H groups in total. The molecule has 0 aromatic carbocycles. The molecule has 0 amide bonds. The summed E-state index contributed by atoms with van der Waals surface area (Å²) < 4.78 is 4.96. The fourth-order valence-corrected chi connectivity index (χ4v) is 1.76. The van der Waals surface area contributed by atoms with Gasteiger partial charge in [-0.15, -0.1) is 0 Å². The Morgan fingerprint density at radius 2 is 2.21 bits per heavy atom. The second kappa shape index (κ2) is 5.51. The Morgan fingerprint density at radius 3 is 2.74 bits per heavy atom. The molecular weight excluding hydrogens is 246 g/mol. The highest BCUT2D eigenvalue weighted by atomic mass is 16.5. The number of nitrogens with zero attached hydrogens (tertiary/aromatic N) is 2. The Bertz CT molecular complexity index is 620. The van der Waals surface area contributed by atoms with Gasteiger partial charge in [0.25, 0.3) is 5.56 Å². The van der Waals surface area contributed by atoms with Gasteiger partial charge in [0, 0.05) is 18.7 Å². The summed E-state index contributed by atoms with van der Waals surface area (Å²) in [6, 6.07) is 3.56. The molecule has 0 aliphatic rings. The van der Waals surface area contributed by atoms with Crippen LogP contribution in [0.3, 0.4) is 0 Å². The Hall–Kier alpha value is -2.37. The van der Waals surface area contributed by atoms with E-state index in [1.807, 2.05) is 6.07 Å². The maximum absolute atomic E-state index is 11.7. The van der Waals surface area contributed by atoms with Crippen LogP contribution < -0.4 is 10.3 Å². The second-order valence-electron chi connectivity index (χ2n) is 4.05. The first-order chi connectivity index (χ1) is 9.13. The maximum atomic E-state index is 11.7. The predicted octanol–water partition coefficient (Wildman–Crippen LogP) is 1.03. The quantitative estimate of drug-likeness (QED) is 0.858. The van der Waals surface area contributed by atoms with Crippen molar-refractivity contribution in [2.45, 2.75) is 19.8 Å². The van der Waals surface area contributed by atoms with Gasteiger partial charge in [0.2, 0.25) is 11.8 Å².